The molecule has 0 atom stereocenters. The van der Waals surface area contributed by atoms with Crippen LogP contribution in [0.15, 0.2) is 24.3 Å². The summed E-state index contributed by atoms with van der Waals surface area (Å²) < 4.78 is 13.4. The maximum atomic E-state index is 13.4. The Hall–Kier alpha value is -1.68. The molecular formula is C14H15ClFN3. The molecule has 19 heavy (non-hydrogen) atoms. The van der Waals surface area contributed by atoms with Crippen LogP contribution < -0.4 is 5.32 Å². The predicted octanol–water partition coefficient (Wildman–Crippen LogP) is 3.93. The first kappa shape index (κ1) is 13.7. The van der Waals surface area contributed by atoms with Crippen molar-refractivity contribution in [1.29, 1.82) is 0 Å². The van der Waals surface area contributed by atoms with Crippen LogP contribution in [-0.4, -0.2) is 17.0 Å². The SMILES string of the molecule is CCCc1nc(NC)cc(-c2cc(F)cc(Cl)c2)n1. The van der Waals surface area contributed by atoms with E-state index in [1.54, 1.807) is 19.2 Å². The summed E-state index contributed by atoms with van der Waals surface area (Å²) in [5.41, 5.74) is 1.32. The van der Waals surface area contributed by atoms with Crippen molar-refractivity contribution in [2.45, 2.75) is 19.8 Å². The van der Waals surface area contributed by atoms with Gasteiger partial charge in [-0.25, -0.2) is 14.4 Å². The molecule has 1 aromatic heterocycles. The Bertz CT molecular complexity index is 567. The largest absolute Gasteiger partial charge is 0.373 e. The zero-order chi connectivity index (χ0) is 13.8. The number of nitrogens with zero attached hydrogens (tertiary/aromatic N) is 2. The molecule has 2 aromatic rings. The van der Waals surface area contributed by atoms with E-state index in [0.29, 0.717) is 22.1 Å². The highest BCUT2D eigenvalue weighted by molar-refractivity contribution is 6.30. The second-order valence-electron chi connectivity index (χ2n) is 4.21. The third kappa shape index (κ3) is 3.41. The topological polar surface area (TPSA) is 37.8 Å². The van der Waals surface area contributed by atoms with Gasteiger partial charge in [0.25, 0.3) is 0 Å². The third-order valence-corrected chi connectivity index (χ3v) is 2.88. The van der Waals surface area contributed by atoms with Crippen molar-refractivity contribution in [2.24, 2.45) is 0 Å². The van der Waals surface area contributed by atoms with Gasteiger partial charge in [-0.2, -0.15) is 0 Å². The number of nitrogens with one attached hydrogen (secondary N) is 1. The van der Waals surface area contributed by atoms with Gasteiger partial charge in [-0.15, -0.1) is 0 Å². The lowest BCUT2D eigenvalue weighted by molar-refractivity contribution is 0.628. The van der Waals surface area contributed by atoms with E-state index in [0.717, 1.165) is 18.7 Å². The maximum Gasteiger partial charge on any atom is 0.131 e. The van der Waals surface area contributed by atoms with Gasteiger partial charge in [0.05, 0.1) is 5.69 Å². The molecule has 0 amide bonds. The Kier molecular flexibility index (Phi) is 4.32. The van der Waals surface area contributed by atoms with E-state index in [1.165, 1.54) is 12.1 Å². The van der Waals surface area contributed by atoms with Crippen molar-refractivity contribution in [3.05, 3.63) is 40.9 Å². The molecule has 1 N–H and O–H groups in total. The zero-order valence-electron chi connectivity index (χ0n) is 10.9. The van der Waals surface area contributed by atoms with E-state index in [2.05, 4.69) is 22.2 Å². The monoisotopic (exact) mass is 279 g/mol. The number of aromatic nitrogens is 2. The van der Waals surface area contributed by atoms with Gasteiger partial charge in [-0.05, 0) is 24.6 Å². The van der Waals surface area contributed by atoms with Gasteiger partial charge in [0, 0.05) is 30.1 Å². The quantitative estimate of drug-likeness (QED) is 0.921. The molecule has 0 radical (unpaired) electrons. The Balaban J connectivity index is 2.50. The van der Waals surface area contributed by atoms with Gasteiger partial charge in [0.2, 0.25) is 0 Å². The van der Waals surface area contributed by atoms with Crippen molar-refractivity contribution in [1.82, 2.24) is 9.97 Å². The summed E-state index contributed by atoms with van der Waals surface area (Å²) in [5, 5.41) is 3.35. The van der Waals surface area contributed by atoms with E-state index in [9.17, 15) is 4.39 Å². The summed E-state index contributed by atoms with van der Waals surface area (Å²) in [6.07, 6.45) is 1.74. The summed E-state index contributed by atoms with van der Waals surface area (Å²) >= 11 is 5.88. The molecule has 5 heteroatoms. The molecule has 0 unspecified atom stereocenters. The van der Waals surface area contributed by atoms with Gasteiger partial charge in [-0.3, -0.25) is 0 Å². The Morgan fingerprint density at radius 2 is 2.00 bits per heavy atom. The van der Waals surface area contributed by atoms with E-state index >= 15 is 0 Å². The molecule has 2 rings (SSSR count). The highest BCUT2D eigenvalue weighted by Crippen LogP contribution is 2.24. The lowest BCUT2D eigenvalue weighted by atomic mass is 10.1. The average Bonchev–Trinajstić information content (AvgIpc) is 2.37. The van der Waals surface area contributed by atoms with Gasteiger partial charge in [0.1, 0.15) is 17.5 Å². The normalized spacial score (nSPS) is 10.5. The molecule has 0 saturated heterocycles. The van der Waals surface area contributed by atoms with E-state index < -0.39 is 0 Å². The minimum atomic E-state index is -0.371. The third-order valence-electron chi connectivity index (χ3n) is 2.66. The summed E-state index contributed by atoms with van der Waals surface area (Å²) in [4.78, 5) is 8.81. The number of hydrogen-bond acceptors (Lipinski definition) is 3. The van der Waals surface area contributed by atoms with Crippen molar-refractivity contribution >= 4 is 17.4 Å². The smallest absolute Gasteiger partial charge is 0.131 e. The first-order valence-electron chi connectivity index (χ1n) is 6.14. The van der Waals surface area contributed by atoms with Gasteiger partial charge in [0.15, 0.2) is 0 Å². The molecule has 0 spiro atoms. The van der Waals surface area contributed by atoms with Gasteiger partial charge < -0.3 is 5.32 Å². The molecule has 0 bridgehead atoms. The molecule has 1 aromatic carbocycles. The fourth-order valence-electron chi connectivity index (χ4n) is 1.81. The number of rotatable bonds is 4. The Labute approximate surface area is 116 Å². The van der Waals surface area contributed by atoms with Crippen LogP contribution in [0.2, 0.25) is 5.02 Å². The van der Waals surface area contributed by atoms with Crippen molar-refractivity contribution in [3.63, 3.8) is 0 Å². The van der Waals surface area contributed by atoms with Gasteiger partial charge >= 0.3 is 0 Å². The molecule has 3 nitrogen and oxygen atoms in total. The second kappa shape index (κ2) is 5.97. The maximum absolute atomic E-state index is 13.4. The lowest BCUT2D eigenvalue weighted by Gasteiger charge is -2.08. The standard InChI is InChI=1S/C14H15ClFN3/c1-3-4-13-18-12(8-14(17-2)19-13)9-5-10(15)7-11(16)6-9/h5-8H,3-4H2,1-2H3,(H,17,18,19). The highest BCUT2D eigenvalue weighted by Gasteiger charge is 2.08. The second-order valence-corrected chi connectivity index (χ2v) is 4.65. The predicted molar refractivity (Wildman–Crippen MR) is 76.0 cm³/mol. The van der Waals surface area contributed by atoms with Crippen LogP contribution in [0.25, 0.3) is 11.3 Å². The molecule has 0 saturated carbocycles. The van der Waals surface area contributed by atoms with Crippen LogP contribution in [0.5, 0.6) is 0 Å². The molecular weight excluding hydrogens is 265 g/mol. The molecule has 1 heterocycles. The molecule has 0 aliphatic rings. The minimum absolute atomic E-state index is 0.358. The fraction of sp³-hybridized carbons (Fsp3) is 0.286. The van der Waals surface area contributed by atoms with Crippen molar-refractivity contribution in [3.8, 4) is 11.3 Å². The summed E-state index contributed by atoms with van der Waals surface area (Å²) in [6.45, 7) is 2.06. The lowest BCUT2D eigenvalue weighted by Crippen LogP contribution is -2.01. The van der Waals surface area contributed by atoms with Crippen LogP contribution in [0.3, 0.4) is 0 Å². The number of anilines is 1. The molecule has 0 aliphatic carbocycles. The zero-order valence-corrected chi connectivity index (χ0v) is 11.6. The minimum Gasteiger partial charge on any atom is -0.373 e. The van der Waals surface area contributed by atoms with Gasteiger partial charge in [-0.1, -0.05) is 18.5 Å². The van der Waals surface area contributed by atoms with E-state index in [4.69, 9.17) is 11.6 Å². The summed E-state index contributed by atoms with van der Waals surface area (Å²) in [7, 11) is 1.79. The van der Waals surface area contributed by atoms with Crippen LogP contribution in [0, 0.1) is 5.82 Å². The van der Waals surface area contributed by atoms with Crippen LogP contribution in [0.4, 0.5) is 10.2 Å². The Morgan fingerprint density at radius 1 is 1.21 bits per heavy atom. The number of aryl methyl sites for hydroxylation is 1. The van der Waals surface area contributed by atoms with Crippen molar-refractivity contribution in [2.75, 3.05) is 12.4 Å². The molecule has 100 valence electrons. The molecule has 0 fully saturated rings. The van der Waals surface area contributed by atoms with Crippen molar-refractivity contribution < 1.29 is 4.39 Å². The van der Waals surface area contributed by atoms with Crippen LogP contribution in [0.1, 0.15) is 19.2 Å². The van der Waals surface area contributed by atoms with Crippen LogP contribution >= 0.6 is 11.6 Å². The van der Waals surface area contributed by atoms with E-state index in [-0.39, 0.29) is 5.82 Å². The molecule has 0 aliphatic heterocycles. The Morgan fingerprint density at radius 3 is 2.63 bits per heavy atom. The first-order valence-corrected chi connectivity index (χ1v) is 6.52. The average molecular weight is 280 g/mol. The summed E-state index contributed by atoms with van der Waals surface area (Å²) in [5.74, 6) is 1.09. The number of benzene rings is 1. The van der Waals surface area contributed by atoms with Crippen LogP contribution in [-0.2, 0) is 6.42 Å². The fourth-order valence-corrected chi connectivity index (χ4v) is 2.03. The summed E-state index contributed by atoms with van der Waals surface area (Å²) in [6, 6.07) is 6.17. The number of hydrogen-bond donors (Lipinski definition) is 1. The first-order chi connectivity index (χ1) is 9.12. The van der Waals surface area contributed by atoms with E-state index in [1.807, 2.05) is 0 Å². The highest BCUT2D eigenvalue weighted by atomic mass is 35.5. The number of halogens is 2.